The topological polar surface area (TPSA) is 101 Å². The van der Waals surface area contributed by atoms with Crippen LogP contribution in [0.1, 0.15) is 39.9 Å². The summed E-state index contributed by atoms with van der Waals surface area (Å²) in [6, 6.07) is 11.7. The summed E-state index contributed by atoms with van der Waals surface area (Å²) in [7, 11) is 1.53. The average Bonchev–Trinajstić information content (AvgIpc) is 2.83. The van der Waals surface area contributed by atoms with Gasteiger partial charge in [0.25, 0.3) is 0 Å². The molecule has 1 unspecified atom stereocenters. The van der Waals surface area contributed by atoms with Gasteiger partial charge in [0.15, 0.2) is 0 Å². The van der Waals surface area contributed by atoms with Crippen LogP contribution in [0.5, 0.6) is 5.75 Å². The summed E-state index contributed by atoms with van der Waals surface area (Å²) in [5.74, 6) is -1.44. The predicted molar refractivity (Wildman–Crippen MR) is 141 cm³/mol. The highest BCUT2D eigenvalue weighted by Gasteiger charge is 2.26. The van der Waals surface area contributed by atoms with Gasteiger partial charge in [-0.3, -0.25) is 9.78 Å². The molecule has 7 nitrogen and oxygen atoms in total. The van der Waals surface area contributed by atoms with E-state index >= 15 is 0 Å². The molecule has 10 heteroatoms. The van der Waals surface area contributed by atoms with E-state index in [1.54, 1.807) is 24.3 Å². The Morgan fingerprint density at radius 2 is 1.75 bits per heavy atom. The molecule has 4 aromatic rings. The monoisotopic (exact) mass is 543 g/mol. The third kappa shape index (κ3) is 5.23. The number of nitrogens with zero attached hydrogens (tertiary/aromatic N) is 2. The van der Waals surface area contributed by atoms with E-state index in [1.807, 2.05) is 12.1 Å². The maximum Gasteiger partial charge on any atom is 0.335 e. The fourth-order valence-corrected chi connectivity index (χ4v) is 4.88. The molecule has 2 aromatic carbocycles. The van der Waals surface area contributed by atoms with E-state index in [1.165, 1.54) is 32.5 Å². The lowest BCUT2D eigenvalue weighted by Gasteiger charge is -2.24. The number of nitrogens with one attached hydrogen (secondary N) is 1. The highest BCUT2D eigenvalue weighted by Crippen LogP contribution is 2.41. The fraction of sp³-hybridized carbons (Fsp3) is 0.154. The number of methoxy groups -OCH3 is 1. The summed E-state index contributed by atoms with van der Waals surface area (Å²) >= 11 is 19.1. The van der Waals surface area contributed by atoms with E-state index in [4.69, 9.17) is 39.5 Å². The van der Waals surface area contributed by atoms with Gasteiger partial charge in [-0.05, 0) is 59.5 Å². The second-order valence-electron chi connectivity index (χ2n) is 8.01. The molecule has 0 aliphatic heterocycles. The van der Waals surface area contributed by atoms with Gasteiger partial charge in [-0.25, -0.2) is 9.78 Å². The number of halogens is 3. The van der Waals surface area contributed by atoms with Crippen LogP contribution in [0.15, 0.2) is 54.9 Å². The number of hydrogen-bond donors (Lipinski definition) is 2. The van der Waals surface area contributed by atoms with Crippen molar-refractivity contribution in [3.8, 4) is 5.75 Å². The average molecular weight is 545 g/mol. The summed E-state index contributed by atoms with van der Waals surface area (Å²) in [6.45, 7) is 1.38. The molecule has 0 spiro atoms. The first-order valence-corrected chi connectivity index (χ1v) is 11.9. The lowest BCUT2D eigenvalue weighted by Crippen LogP contribution is -2.14. The van der Waals surface area contributed by atoms with Crippen molar-refractivity contribution < 1.29 is 19.4 Å². The molecule has 4 rings (SSSR count). The molecule has 0 saturated carbocycles. The maximum absolute atomic E-state index is 12.3. The zero-order valence-corrected chi connectivity index (χ0v) is 21.4. The quantitative estimate of drug-likeness (QED) is 0.253. The van der Waals surface area contributed by atoms with Gasteiger partial charge in [0.05, 0.1) is 22.7 Å². The molecule has 0 aliphatic rings. The van der Waals surface area contributed by atoms with Crippen LogP contribution in [0.25, 0.3) is 10.9 Å². The lowest BCUT2D eigenvalue weighted by molar-refractivity contribution is -0.114. The molecule has 2 N–H and O–H groups in total. The number of amides is 1. The highest BCUT2D eigenvalue weighted by atomic mass is 35.5. The largest absolute Gasteiger partial charge is 0.494 e. The van der Waals surface area contributed by atoms with Crippen molar-refractivity contribution in [2.75, 3.05) is 12.4 Å². The zero-order chi connectivity index (χ0) is 26.0. The lowest BCUT2D eigenvalue weighted by atomic mass is 9.81. The van der Waals surface area contributed by atoms with Gasteiger partial charge in [-0.1, -0.05) is 40.9 Å². The van der Waals surface area contributed by atoms with Crippen LogP contribution in [0.2, 0.25) is 15.2 Å². The van der Waals surface area contributed by atoms with Crippen molar-refractivity contribution in [2.45, 2.75) is 19.3 Å². The minimum absolute atomic E-state index is 0.0706. The second kappa shape index (κ2) is 10.7. The fourth-order valence-electron chi connectivity index (χ4n) is 4.21. The maximum atomic E-state index is 12.3. The third-order valence-electron chi connectivity index (χ3n) is 5.75. The molecule has 0 bridgehead atoms. The second-order valence-corrected chi connectivity index (χ2v) is 9.22. The minimum atomic E-state index is -1.12. The molecule has 2 heterocycles. The van der Waals surface area contributed by atoms with Crippen LogP contribution < -0.4 is 10.1 Å². The molecular weight excluding hydrogens is 525 g/mol. The number of ether oxygens (including phenoxy) is 1. The van der Waals surface area contributed by atoms with Crippen LogP contribution in [-0.2, 0) is 11.2 Å². The van der Waals surface area contributed by atoms with Gasteiger partial charge in [-0.15, -0.1) is 0 Å². The van der Waals surface area contributed by atoms with E-state index in [-0.39, 0.29) is 23.0 Å². The number of carbonyl (C=O) groups is 2. The minimum Gasteiger partial charge on any atom is -0.494 e. The summed E-state index contributed by atoms with van der Waals surface area (Å²) in [6.07, 6.45) is 3.21. The number of benzene rings is 2. The number of carboxylic acids is 1. The Hall–Kier alpha value is -3.39. The van der Waals surface area contributed by atoms with Gasteiger partial charge in [0.2, 0.25) is 5.91 Å². The number of pyridine rings is 2. The molecule has 1 amide bonds. The van der Waals surface area contributed by atoms with E-state index in [2.05, 4.69) is 15.3 Å². The van der Waals surface area contributed by atoms with Crippen LogP contribution >= 0.6 is 34.8 Å². The third-order valence-corrected chi connectivity index (χ3v) is 6.62. The molecular formula is C26H20Cl3N3O4. The molecule has 0 fully saturated rings. The molecule has 0 aliphatic carbocycles. The standard InChI is InChI=1S/C26H20Cl3N3O4/c1-13(33)31-14-3-4-17(26(34)35)18(9-14)19(10-20-21(27)11-30-12-22(20)28)15-5-7-23(36-2)25-16(15)6-8-24(29)32-25/h3-9,11-12,19H,10H2,1-2H3,(H,31,33)(H,34,35). The summed E-state index contributed by atoms with van der Waals surface area (Å²) in [5, 5.41) is 14.5. The number of carbonyl (C=O) groups excluding carboxylic acids is 1. The summed E-state index contributed by atoms with van der Waals surface area (Å²) in [4.78, 5) is 32.5. The van der Waals surface area contributed by atoms with Gasteiger partial charge in [0, 0.05) is 36.3 Å². The highest BCUT2D eigenvalue weighted by molar-refractivity contribution is 6.35. The Kier molecular flexibility index (Phi) is 7.64. The van der Waals surface area contributed by atoms with Crippen LogP contribution in [0.3, 0.4) is 0 Å². The van der Waals surface area contributed by atoms with Crippen LogP contribution in [-0.4, -0.2) is 34.1 Å². The molecule has 0 radical (unpaired) electrons. The SMILES string of the molecule is COc1ccc(C(Cc2c(Cl)cncc2Cl)c2cc(NC(C)=O)ccc2C(=O)O)c2ccc(Cl)nc12. The van der Waals surface area contributed by atoms with Gasteiger partial charge >= 0.3 is 5.97 Å². The van der Waals surface area contributed by atoms with Crippen molar-refractivity contribution >= 4 is 63.3 Å². The normalized spacial score (nSPS) is 11.8. The number of aromatic nitrogens is 2. The van der Waals surface area contributed by atoms with Crippen molar-refractivity contribution in [3.63, 3.8) is 0 Å². The van der Waals surface area contributed by atoms with Crippen molar-refractivity contribution in [3.05, 3.63) is 92.3 Å². The first-order valence-electron chi connectivity index (χ1n) is 10.8. The van der Waals surface area contributed by atoms with Crippen molar-refractivity contribution in [1.29, 1.82) is 0 Å². The number of aromatic carboxylic acids is 1. The smallest absolute Gasteiger partial charge is 0.335 e. The van der Waals surface area contributed by atoms with E-state index < -0.39 is 11.9 Å². The Morgan fingerprint density at radius 1 is 1.03 bits per heavy atom. The Balaban J connectivity index is 2.03. The van der Waals surface area contributed by atoms with E-state index in [9.17, 15) is 14.7 Å². The number of fused-ring (bicyclic) bond motifs is 1. The Labute approximate surface area is 222 Å². The number of hydrogen-bond acceptors (Lipinski definition) is 5. The van der Waals surface area contributed by atoms with Crippen LogP contribution in [0, 0.1) is 0 Å². The van der Waals surface area contributed by atoms with E-state index in [0.29, 0.717) is 43.5 Å². The number of anilines is 1. The Morgan fingerprint density at radius 3 is 2.39 bits per heavy atom. The molecule has 36 heavy (non-hydrogen) atoms. The zero-order valence-electron chi connectivity index (χ0n) is 19.2. The van der Waals surface area contributed by atoms with Gasteiger partial charge < -0.3 is 15.2 Å². The summed E-state index contributed by atoms with van der Waals surface area (Å²) in [5.41, 5.74) is 2.86. The Bertz CT molecular complexity index is 1470. The molecule has 184 valence electrons. The number of rotatable bonds is 7. The molecule has 0 saturated heterocycles. The molecule has 2 aromatic heterocycles. The summed E-state index contributed by atoms with van der Waals surface area (Å²) < 4.78 is 5.49. The van der Waals surface area contributed by atoms with Crippen molar-refractivity contribution in [1.82, 2.24) is 9.97 Å². The van der Waals surface area contributed by atoms with Crippen molar-refractivity contribution in [2.24, 2.45) is 0 Å². The van der Waals surface area contributed by atoms with Crippen LogP contribution in [0.4, 0.5) is 5.69 Å². The van der Waals surface area contributed by atoms with E-state index in [0.717, 1.165) is 5.56 Å². The predicted octanol–water partition coefficient (Wildman–Crippen LogP) is 6.63. The first-order chi connectivity index (χ1) is 17.2. The number of carboxylic acid groups (broad SMARTS) is 1. The van der Waals surface area contributed by atoms with Gasteiger partial charge in [0.1, 0.15) is 16.4 Å². The van der Waals surface area contributed by atoms with Gasteiger partial charge in [-0.2, -0.15) is 0 Å². The molecule has 1 atom stereocenters. The first kappa shape index (κ1) is 25.7.